The van der Waals surface area contributed by atoms with Crippen LogP contribution in [0, 0.1) is 0 Å². The van der Waals surface area contributed by atoms with Gasteiger partial charge in [-0.15, -0.1) is 10.2 Å². The van der Waals surface area contributed by atoms with Gasteiger partial charge < -0.3 is 0 Å². The van der Waals surface area contributed by atoms with Crippen molar-refractivity contribution in [1.29, 1.82) is 0 Å². The zero-order chi connectivity index (χ0) is 25.9. The first-order valence-electron chi connectivity index (χ1n) is 12.6. The Balaban J connectivity index is 1.64. The maximum absolute atomic E-state index is 4.67. The number of rotatable bonds is 7. The van der Waals surface area contributed by atoms with E-state index in [4.69, 9.17) is 0 Å². The molecule has 0 bridgehead atoms. The Hall–Kier alpha value is -4.98. The number of hydrogen-bond acceptors (Lipinski definition) is 6. The molecule has 4 aromatic heterocycles. The summed E-state index contributed by atoms with van der Waals surface area (Å²) in [7, 11) is 0. The van der Waals surface area contributed by atoms with Gasteiger partial charge in [0.15, 0.2) is 0 Å². The van der Waals surface area contributed by atoms with Crippen LogP contribution in [-0.4, -0.2) is 40.0 Å². The fraction of sp³-hybridized carbons (Fsp3) is 0.133. The molecule has 8 nitrogen and oxygen atoms in total. The lowest BCUT2D eigenvalue weighted by molar-refractivity contribution is 0.527. The Labute approximate surface area is 220 Å². The first-order chi connectivity index (χ1) is 18.7. The molecule has 2 atom stereocenters. The van der Waals surface area contributed by atoms with Crippen molar-refractivity contribution in [2.75, 3.05) is 0 Å². The normalized spacial score (nSPS) is 12.8. The van der Waals surface area contributed by atoms with Crippen LogP contribution in [0.2, 0.25) is 0 Å². The molecule has 0 aliphatic carbocycles. The Kier molecular flexibility index (Phi) is 6.27. The lowest BCUT2D eigenvalue weighted by atomic mass is 10.0. The van der Waals surface area contributed by atoms with Gasteiger partial charge in [-0.25, -0.2) is 9.36 Å². The van der Waals surface area contributed by atoms with Crippen molar-refractivity contribution in [3.05, 3.63) is 121 Å². The lowest BCUT2D eigenvalue weighted by Gasteiger charge is -2.20. The Morgan fingerprint density at radius 3 is 1.26 bits per heavy atom. The van der Waals surface area contributed by atoms with E-state index in [0.717, 1.165) is 33.9 Å². The van der Waals surface area contributed by atoms with Crippen LogP contribution < -0.4 is 0 Å². The molecule has 0 N–H and O–H groups in total. The molecular formula is C30H26N8. The fourth-order valence-corrected chi connectivity index (χ4v) is 4.67. The summed E-state index contributed by atoms with van der Waals surface area (Å²) in [5.74, 6) is 0. The van der Waals surface area contributed by atoms with Crippen LogP contribution in [0.1, 0.15) is 37.1 Å². The predicted octanol–water partition coefficient (Wildman–Crippen LogP) is 5.88. The van der Waals surface area contributed by atoms with E-state index in [1.807, 2.05) is 82.2 Å². The minimum Gasteiger partial charge on any atom is -0.254 e. The highest BCUT2D eigenvalue weighted by Crippen LogP contribution is 2.39. The van der Waals surface area contributed by atoms with E-state index in [0.29, 0.717) is 11.4 Å². The molecule has 0 aliphatic rings. The molecule has 2 aromatic carbocycles. The lowest BCUT2D eigenvalue weighted by Crippen LogP contribution is -2.15. The quantitative estimate of drug-likeness (QED) is 0.273. The highest BCUT2D eigenvalue weighted by atomic mass is 15.5. The van der Waals surface area contributed by atoms with Gasteiger partial charge in [0.25, 0.3) is 0 Å². The van der Waals surface area contributed by atoms with Crippen molar-refractivity contribution in [2.24, 2.45) is 0 Å². The van der Waals surface area contributed by atoms with Crippen LogP contribution >= 0.6 is 0 Å². The van der Waals surface area contributed by atoms with Gasteiger partial charge in [-0.05, 0) is 49.2 Å². The third-order valence-corrected chi connectivity index (χ3v) is 6.73. The average Bonchev–Trinajstić information content (AvgIpc) is 3.63. The van der Waals surface area contributed by atoms with Gasteiger partial charge in [-0.1, -0.05) is 83.2 Å². The molecule has 0 aliphatic heterocycles. The molecule has 0 spiro atoms. The minimum atomic E-state index is -0.108. The predicted molar refractivity (Wildman–Crippen MR) is 146 cm³/mol. The van der Waals surface area contributed by atoms with Crippen molar-refractivity contribution < 1.29 is 0 Å². The van der Waals surface area contributed by atoms with E-state index in [1.165, 1.54) is 0 Å². The van der Waals surface area contributed by atoms with Crippen LogP contribution in [0.5, 0.6) is 0 Å². The second-order valence-corrected chi connectivity index (χ2v) is 9.07. The summed E-state index contributed by atoms with van der Waals surface area (Å²) in [6.07, 6.45) is 3.53. The van der Waals surface area contributed by atoms with Crippen molar-refractivity contribution in [1.82, 2.24) is 40.0 Å². The topological polar surface area (TPSA) is 87.2 Å². The van der Waals surface area contributed by atoms with Crippen LogP contribution in [0.15, 0.2) is 109 Å². The number of nitrogens with zero attached hydrogens (tertiary/aromatic N) is 8. The van der Waals surface area contributed by atoms with Crippen LogP contribution in [-0.2, 0) is 0 Å². The van der Waals surface area contributed by atoms with Gasteiger partial charge in [0.05, 0.1) is 23.5 Å². The van der Waals surface area contributed by atoms with E-state index in [9.17, 15) is 0 Å². The standard InChI is InChI=1S/C30H26N8/c1-21(23-13-5-3-6-14-23)37-29(27(33-35-37)25-17-9-11-19-31-25)30-28(26-18-10-12-20-32-26)34-36-38(30)22(2)24-15-7-4-8-16-24/h3-22H,1-2H3/t21-,22-/m1/s1. The van der Waals surface area contributed by atoms with Gasteiger partial charge in [-0.3, -0.25) is 9.97 Å². The summed E-state index contributed by atoms with van der Waals surface area (Å²) in [5.41, 5.74) is 6.56. The summed E-state index contributed by atoms with van der Waals surface area (Å²) in [6, 6.07) is 31.9. The van der Waals surface area contributed by atoms with E-state index in [2.05, 4.69) is 68.7 Å². The first kappa shape index (κ1) is 23.4. The number of hydrogen-bond donors (Lipinski definition) is 0. The molecule has 38 heavy (non-hydrogen) atoms. The van der Waals surface area contributed by atoms with E-state index in [-0.39, 0.29) is 12.1 Å². The highest BCUT2D eigenvalue weighted by Gasteiger charge is 2.30. The molecule has 186 valence electrons. The van der Waals surface area contributed by atoms with E-state index in [1.54, 1.807) is 12.4 Å². The third-order valence-electron chi connectivity index (χ3n) is 6.73. The van der Waals surface area contributed by atoms with Crippen LogP contribution in [0.4, 0.5) is 0 Å². The Morgan fingerprint density at radius 2 is 0.895 bits per heavy atom. The summed E-state index contributed by atoms with van der Waals surface area (Å²) >= 11 is 0. The van der Waals surface area contributed by atoms with Gasteiger partial charge in [0.2, 0.25) is 0 Å². The second kappa shape index (κ2) is 10.2. The molecule has 6 aromatic rings. The van der Waals surface area contributed by atoms with Gasteiger partial charge in [0.1, 0.15) is 22.8 Å². The van der Waals surface area contributed by atoms with Crippen LogP contribution in [0.3, 0.4) is 0 Å². The average molecular weight is 499 g/mol. The molecule has 8 heteroatoms. The largest absolute Gasteiger partial charge is 0.254 e. The Bertz CT molecular complexity index is 1500. The smallest absolute Gasteiger partial charge is 0.141 e. The van der Waals surface area contributed by atoms with Crippen molar-refractivity contribution in [3.63, 3.8) is 0 Å². The molecular weight excluding hydrogens is 472 g/mol. The van der Waals surface area contributed by atoms with E-state index < -0.39 is 0 Å². The maximum Gasteiger partial charge on any atom is 0.141 e. The zero-order valence-electron chi connectivity index (χ0n) is 21.1. The number of pyridine rings is 2. The summed E-state index contributed by atoms with van der Waals surface area (Å²) < 4.78 is 3.89. The molecule has 4 heterocycles. The fourth-order valence-electron chi connectivity index (χ4n) is 4.67. The first-order valence-corrected chi connectivity index (χ1v) is 12.6. The molecule has 0 unspecified atom stereocenters. The minimum absolute atomic E-state index is 0.108. The monoisotopic (exact) mass is 498 g/mol. The molecule has 0 saturated carbocycles. The van der Waals surface area contributed by atoms with Crippen molar-refractivity contribution >= 4 is 0 Å². The molecule has 0 saturated heterocycles. The van der Waals surface area contributed by atoms with Crippen molar-refractivity contribution in [2.45, 2.75) is 25.9 Å². The van der Waals surface area contributed by atoms with Gasteiger partial charge in [-0.2, -0.15) is 0 Å². The van der Waals surface area contributed by atoms with Crippen LogP contribution in [0.25, 0.3) is 34.2 Å². The maximum atomic E-state index is 4.67. The molecule has 0 fully saturated rings. The summed E-state index contributed by atoms with van der Waals surface area (Å²) in [4.78, 5) is 9.24. The Morgan fingerprint density at radius 1 is 0.500 bits per heavy atom. The highest BCUT2D eigenvalue weighted by molar-refractivity contribution is 5.83. The van der Waals surface area contributed by atoms with Crippen molar-refractivity contribution in [3.8, 4) is 34.2 Å². The number of benzene rings is 2. The third kappa shape index (κ3) is 4.26. The zero-order valence-corrected chi connectivity index (χ0v) is 21.1. The van der Waals surface area contributed by atoms with Gasteiger partial charge >= 0.3 is 0 Å². The molecule has 6 rings (SSSR count). The number of aromatic nitrogens is 8. The van der Waals surface area contributed by atoms with Gasteiger partial charge in [0, 0.05) is 12.4 Å². The molecule has 0 radical (unpaired) electrons. The summed E-state index contributed by atoms with van der Waals surface area (Å²) in [5, 5.41) is 18.7. The molecule has 0 amide bonds. The summed E-state index contributed by atoms with van der Waals surface area (Å²) in [6.45, 7) is 4.23. The second-order valence-electron chi connectivity index (χ2n) is 9.07. The SMILES string of the molecule is C[C@H](c1ccccc1)n1nnc(-c2ccccn2)c1-c1c(-c2ccccn2)nnn1[C@H](C)c1ccccc1. The van der Waals surface area contributed by atoms with E-state index >= 15 is 0 Å².